The van der Waals surface area contributed by atoms with Gasteiger partial charge in [-0.1, -0.05) is 60.1 Å². The molecule has 2 aromatic carbocycles. The van der Waals surface area contributed by atoms with Gasteiger partial charge in [0.1, 0.15) is 0 Å². The first-order chi connectivity index (χ1) is 14.5. The monoisotopic (exact) mass is 460 g/mol. The minimum Gasteiger partial charge on any atom is -0.548 e. The summed E-state index contributed by atoms with van der Waals surface area (Å²) in [4.78, 5) is 42.0. The number of hydrogen-bond donors (Lipinski definition) is 1. The number of aromatic amines is 1. The molecule has 1 aliphatic heterocycles. The number of aliphatic carboxylic acids is 1. The van der Waals surface area contributed by atoms with Crippen LogP contribution in [0.1, 0.15) is 28.4 Å². The highest BCUT2D eigenvalue weighted by Gasteiger charge is 2.29. The van der Waals surface area contributed by atoms with Crippen LogP contribution in [0.5, 0.6) is 0 Å². The topological polar surface area (TPSA) is 98.2 Å². The summed E-state index contributed by atoms with van der Waals surface area (Å²) in [5, 5.41) is 12.3. The Morgan fingerprint density at radius 2 is 1.77 bits per heavy atom. The molecule has 1 N–H and O–H groups in total. The molecule has 0 amide bonds. The molecule has 3 aromatic rings. The number of carbonyl (C=O) groups excluding carboxylic acids is 1. The van der Waals surface area contributed by atoms with Gasteiger partial charge in [0, 0.05) is 30.2 Å². The number of nitrogens with zero attached hydrogens (tertiary/aromatic N) is 2. The van der Waals surface area contributed by atoms with Gasteiger partial charge in [-0.15, -0.1) is 12.4 Å². The molecule has 0 aliphatic carbocycles. The third-order valence-corrected chi connectivity index (χ3v) is 5.70. The van der Waals surface area contributed by atoms with E-state index in [0.717, 1.165) is 10.1 Å². The molecule has 31 heavy (non-hydrogen) atoms. The van der Waals surface area contributed by atoms with Gasteiger partial charge in [0.15, 0.2) is 0 Å². The maximum atomic E-state index is 13.1. The van der Waals surface area contributed by atoms with Gasteiger partial charge in [0.05, 0.1) is 24.1 Å². The number of rotatable bonds is 5. The zero-order chi connectivity index (χ0) is 21.3. The molecule has 0 saturated heterocycles. The van der Waals surface area contributed by atoms with Crippen LogP contribution < -0.4 is 16.4 Å². The molecule has 1 aliphatic rings. The van der Waals surface area contributed by atoms with Gasteiger partial charge in [0.25, 0.3) is 5.56 Å². The number of carboxylic acids is 1. The lowest BCUT2D eigenvalue weighted by atomic mass is 10.00. The van der Waals surface area contributed by atoms with Crippen LogP contribution in [-0.4, -0.2) is 27.0 Å². The SMILES string of the molecule is Cl.O=C([O-])C(c1ccccc1Cl)N1CCc2[nH]c(=O)n(Cc3ccccc3)c(=O)c2C1. The molecule has 1 unspecified atom stereocenters. The first-order valence-corrected chi connectivity index (χ1v) is 9.91. The number of hydrogen-bond acceptors (Lipinski definition) is 5. The predicted octanol–water partition coefficient (Wildman–Crippen LogP) is 1.51. The summed E-state index contributed by atoms with van der Waals surface area (Å²) < 4.78 is 1.14. The van der Waals surface area contributed by atoms with Crippen LogP contribution >= 0.6 is 24.0 Å². The molecular weight excluding hydrogens is 441 g/mol. The van der Waals surface area contributed by atoms with Crippen LogP contribution in [0.3, 0.4) is 0 Å². The molecule has 0 fully saturated rings. The van der Waals surface area contributed by atoms with E-state index in [1.54, 1.807) is 29.2 Å². The van der Waals surface area contributed by atoms with Gasteiger partial charge in [-0.25, -0.2) is 4.79 Å². The van der Waals surface area contributed by atoms with Crippen LogP contribution in [0.2, 0.25) is 5.02 Å². The minimum absolute atomic E-state index is 0. The summed E-state index contributed by atoms with van der Waals surface area (Å²) in [6.45, 7) is 0.551. The first kappa shape index (κ1) is 22.8. The third kappa shape index (κ3) is 4.58. The highest BCUT2D eigenvalue weighted by atomic mass is 35.5. The average molecular weight is 461 g/mol. The van der Waals surface area contributed by atoms with E-state index < -0.39 is 23.3 Å². The van der Waals surface area contributed by atoms with Crippen LogP contribution in [0.4, 0.5) is 0 Å². The van der Waals surface area contributed by atoms with Crippen molar-refractivity contribution in [2.24, 2.45) is 0 Å². The quantitative estimate of drug-likeness (QED) is 0.621. The van der Waals surface area contributed by atoms with Crippen molar-refractivity contribution < 1.29 is 9.90 Å². The van der Waals surface area contributed by atoms with Gasteiger partial charge in [-0.2, -0.15) is 0 Å². The number of H-pyrrole nitrogens is 1. The van der Waals surface area contributed by atoms with Crippen molar-refractivity contribution in [1.29, 1.82) is 0 Å². The van der Waals surface area contributed by atoms with Crippen LogP contribution in [-0.2, 0) is 24.3 Å². The molecule has 162 valence electrons. The smallest absolute Gasteiger partial charge is 0.328 e. The zero-order valence-electron chi connectivity index (χ0n) is 16.4. The highest BCUT2D eigenvalue weighted by Crippen LogP contribution is 2.30. The Bertz CT molecular complexity index is 1210. The van der Waals surface area contributed by atoms with Crippen molar-refractivity contribution in [2.45, 2.75) is 25.6 Å². The Labute approximate surface area is 189 Å². The van der Waals surface area contributed by atoms with E-state index in [4.69, 9.17) is 11.6 Å². The molecule has 1 aromatic heterocycles. The van der Waals surface area contributed by atoms with Crippen molar-refractivity contribution in [3.63, 3.8) is 0 Å². The molecular formula is C22H20Cl2N3O4-. The fraction of sp³-hybridized carbons (Fsp3) is 0.227. The molecule has 1 atom stereocenters. The molecule has 0 bridgehead atoms. The minimum atomic E-state index is -1.29. The van der Waals surface area contributed by atoms with Gasteiger partial charge in [0.2, 0.25) is 0 Å². The lowest BCUT2D eigenvalue weighted by molar-refractivity contribution is -0.312. The maximum absolute atomic E-state index is 13.1. The third-order valence-electron chi connectivity index (χ3n) is 5.35. The van der Waals surface area contributed by atoms with E-state index in [0.29, 0.717) is 34.8 Å². The van der Waals surface area contributed by atoms with E-state index >= 15 is 0 Å². The summed E-state index contributed by atoms with van der Waals surface area (Å²) >= 11 is 6.22. The van der Waals surface area contributed by atoms with Gasteiger partial charge in [-0.05, 0) is 17.2 Å². The van der Waals surface area contributed by atoms with Gasteiger partial charge >= 0.3 is 5.69 Å². The van der Waals surface area contributed by atoms with Crippen LogP contribution in [0.25, 0.3) is 0 Å². The Morgan fingerprint density at radius 1 is 1.10 bits per heavy atom. The normalized spacial score (nSPS) is 14.4. The molecule has 2 heterocycles. The molecule has 4 rings (SSSR count). The lowest BCUT2D eigenvalue weighted by Crippen LogP contribution is -2.48. The standard InChI is InChI=1S/C22H20ClN3O4.ClH/c23-17-9-5-4-8-15(17)19(21(28)29)25-11-10-18-16(13-25)20(27)26(22(30)24-18)12-14-6-2-1-3-7-14;/h1-9,19H,10-13H2,(H,24,30)(H,28,29);1H/p-1. The number of carbonyl (C=O) groups is 1. The second-order valence-electron chi connectivity index (χ2n) is 7.23. The number of halogens is 2. The molecule has 0 saturated carbocycles. The number of nitrogens with one attached hydrogen (secondary N) is 1. The van der Waals surface area contributed by atoms with Gasteiger partial charge < -0.3 is 14.9 Å². The van der Waals surface area contributed by atoms with E-state index in [9.17, 15) is 19.5 Å². The first-order valence-electron chi connectivity index (χ1n) is 9.54. The molecule has 9 heteroatoms. The largest absolute Gasteiger partial charge is 0.548 e. The Balaban J connectivity index is 0.00000272. The van der Waals surface area contributed by atoms with Crippen molar-refractivity contribution >= 4 is 30.0 Å². The number of fused-ring (bicyclic) bond motifs is 1. The summed E-state index contributed by atoms with van der Waals surface area (Å²) in [6.07, 6.45) is 0.347. The second-order valence-corrected chi connectivity index (χ2v) is 7.63. The van der Waals surface area contributed by atoms with Crippen LogP contribution in [0, 0.1) is 0 Å². The van der Waals surface area contributed by atoms with Crippen molar-refractivity contribution in [3.8, 4) is 0 Å². The number of aromatic nitrogens is 2. The van der Waals surface area contributed by atoms with Crippen molar-refractivity contribution in [1.82, 2.24) is 14.5 Å². The van der Waals surface area contributed by atoms with E-state index in [-0.39, 0.29) is 25.5 Å². The van der Waals surface area contributed by atoms with Crippen molar-refractivity contribution in [2.75, 3.05) is 6.54 Å². The average Bonchev–Trinajstić information content (AvgIpc) is 2.73. The Kier molecular flexibility index (Phi) is 7.00. The van der Waals surface area contributed by atoms with Crippen LogP contribution in [0.15, 0.2) is 64.2 Å². The van der Waals surface area contributed by atoms with E-state index in [2.05, 4.69) is 4.98 Å². The maximum Gasteiger partial charge on any atom is 0.328 e. The summed E-state index contributed by atoms with van der Waals surface area (Å²) in [6, 6.07) is 14.8. The highest BCUT2D eigenvalue weighted by molar-refractivity contribution is 6.31. The molecule has 7 nitrogen and oxygen atoms in total. The fourth-order valence-corrected chi connectivity index (χ4v) is 4.11. The van der Waals surface area contributed by atoms with Gasteiger partial charge in [-0.3, -0.25) is 14.3 Å². The Morgan fingerprint density at radius 3 is 2.45 bits per heavy atom. The van der Waals surface area contributed by atoms with E-state index in [1.165, 1.54) is 0 Å². The fourth-order valence-electron chi connectivity index (χ4n) is 3.87. The summed E-state index contributed by atoms with van der Waals surface area (Å²) in [5.74, 6) is -1.29. The van der Waals surface area contributed by atoms with Crippen molar-refractivity contribution in [3.05, 3.63) is 103 Å². The lowest BCUT2D eigenvalue weighted by Gasteiger charge is -2.36. The number of carboxylic acid groups (broad SMARTS) is 1. The summed E-state index contributed by atoms with van der Waals surface area (Å²) in [7, 11) is 0. The molecule has 0 radical (unpaired) electrons. The predicted molar refractivity (Wildman–Crippen MR) is 117 cm³/mol. The Hall–Kier alpha value is -2.87. The molecule has 0 spiro atoms. The number of benzene rings is 2. The zero-order valence-corrected chi connectivity index (χ0v) is 18.0. The second kappa shape index (κ2) is 9.51. The summed E-state index contributed by atoms with van der Waals surface area (Å²) in [5.41, 5.74) is 1.27. The van der Waals surface area contributed by atoms with E-state index in [1.807, 2.05) is 30.3 Å².